The molecule has 0 unspecified atom stereocenters. The van der Waals surface area contributed by atoms with Gasteiger partial charge in [-0.05, 0) is 24.9 Å². The monoisotopic (exact) mass is 265 g/mol. The Bertz CT molecular complexity index is 332. The lowest BCUT2D eigenvalue weighted by atomic mass is 10.1. The summed E-state index contributed by atoms with van der Waals surface area (Å²) in [7, 11) is 0. The van der Waals surface area contributed by atoms with Gasteiger partial charge in [-0.2, -0.15) is 0 Å². The summed E-state index contributed by atoms with van der Waals surface area (Å²) in [5.74, 6) is 0. The van der Waals surface area contributed by atoms with E-state index < -0.39 is 0 Å². The van der Waals surface area contributed by atoms with Crippen LogP contribution in [0.25, 0.3) is 0 Å². The zero-order chi connectivity index (χ0) is 11.3. The number of nitro groups is 1. The summed E-state index contributed by atoms with van der Waals surface area (Å²) in [6.07, 6.45) is 2.73. The van der Waals surface area contributed by atoms with Crippen LogP contribution in [0.1, 0.15) is 30.9 Å². The number of rotatable bonds is 6. The second-order valence-corrected chi connectivity index (χ2v) is 4.26. The minimum Gasteiger partial charge on any atom is -0.330 e. The first kappa shape index (κ1) is 15.3. The van der Waals surface area contributed by atoms with Crippen molar-refractivity contribution in [1.82, 2.24) is 0 Å². The Morgan fingerprint density at radius 2 is 2.19 bits per heavy atom. The van der Waals surface area contributed by atoms with Crippen molar-refractivity contribution >= 4 is 28.7 Å². The molecule has 1 aromatic heterocycles. The maximum absolute atomic E-state index is 10.5. The number of hydrogen-bond acceptors (Lipinski definition) is 5. The van der Waals surface area contributed by atoms with Gasteiger partial charge < -0.3 is 11.5 Å². The highest BCUT2D eigenvalue weighted by atomic mass is 35.5. The lowest BCUT2D eigenvalue weighted by Gasteiger charge is -2.07. The van der Waals surface area contributed by atoms with Crippen LogP contribution in [-0.2, 0) is 0 Å². The van der Waals surface area contributed by atoms with Gasteiger partial charge in [0.25, 0.3) is 0 Å². The van der Waals surface area contributed by atoms with E-state index in [1.165, 1.54) is 0 Å². The molecule has 1 rings (SSSR count). The van der Waals surface area contributed by atoms with Gasteiger partial charge in [-0.3, -0.25) is 10.1 Å². The van der Waals surface area contributed by atoms with E-state index in [0.29, 0.717) is 6.54 Å². The van der Waals surface area contributed by atoms with Gasteiger partial charge in [-0.25, -0.2) is 0 Å². The highest BCUT2D eigenvalue weighted by Gasteiger charge is 2.13. The maximum atomic E-state index is 10.5. The van der Waals surface area contributed by atoms with E-state index in [0.717, 1.165) is 36.2 Å². The summed E-state index contributed by atoms with van der Waals surface area (Å²) in [5.41, 5.74) is 12.1. The fourth-order valence-corrected chi connectivity index (χ4v) is 2.09. The second kappa shape index (κ2) is 7.56. The highest BCUT2D eigenvalue weighted by Crippen LogP contribution is 2.27. The Labute approximate surface area is 104 Å². The fraction of sp³-hybridized carbons (Fsp3) is 0.556. The van der Waals surface area contributed by atoms with Crippen molar-refractivity contribution in [2.24, 2.45) is 11.5 Å². The maximum Gasteiger partial charge on any atom is 0.324 e. The lowest BCUT2D eigenvalue weighted by molar-refractivity contribution is -0.380. The van der Waals surface area contributed by atoms with E-state index in [1.807, 2.05) is 0 Å². The molecular weight excluding hydrogens is 250 g/mol. The zero-order valence-corrected chi connectivity index (χ0v) is 10.4. The minimum atomic E-state index is -0.388. The van der Waals surface area contributed by atoms with E-state index >= 15 is 0 Å². The van der Waals surface area contributed by atoms with Gasteiger partial charge in [0.1, 0.15) is 0 Å². The van der Waals surface area contributed by atoms with E-state index in [1.54, 1.807) is 11.4 Å². The smallest absolute Gasteiger partial charge is 0.324 e. The van der Waals surface area contributed by atoms with Gasteiger partial charge in [-0.1, -0.05) is 17.8 Å². The summed E-state index contributed by atoms with van der Waals surface area (Å²) in [4.78, 5) is 10.1. The molecule has 7 heteroatoms. The van der Waals surface area contributed by atoms with Crippen molar-refractivity contribution in [3.63, 3.8) is 0 Å². The average molecular weight is 266 g/mol. The third kappa shape index (κ3) is 4.44. The van der Waals surface area contributed by atoms with Crippen LogP contribution in [0, 0.1) is 10.1 Å². The predicted octanol–water partition coefficient (Wildman–Crippen LogP) is 2.21. The molecule has 1 aromatic rings. The summed E-state index contributed by atoms with van der Waals surface area (Å²) >= 11 is 1.12. The van der Waals surface area contributed by atoms with Crippen molar-refractivity contribution < 1.29 is 4.92 Å². The van der Waals surface area contributed by atoms with E-state index in [2.05, 4.69) is 0 Å². The zero-order valence-electron chi connectivity index (χ0n) is 8.80. The molecule has 0 radical (unpaired) electrons. The average Bonchev–Trinajstić information content (AvgIpc) is 2.66. The minimum absolute atomic E-state index is 0. The molecule has 0 saturated heterocycles. The van der Waals surface area contributed by atoms with Crippen molar-refractivity contribution in [2.45, 2.75) is 25.3 Å². The van der Waals surface area contributed by atoms with Crippen LogP contribution in [0.4, 0.5) is 5.00 Å². The second-order valence-electron chi connectivity index (χ2n) is 3.37. The van der Waals surface area contributed by atoms with E-state index in [-0.39, 0.29) is 28.4 Å². The first-order valence-corrected chi connectivity index (χ1v) is 5.71. The topological polar surface area (TPSA) is 95.2 Å². The Morgan fingerprint density at radius 3 is 2.69 bits per heavy atom. The number of hydrogen-bond donors (Lipinski definition) is 2. The van der Waals surface area contributed by atoms with Crippen LogP contribution in [0.5, 0.6) is 0 Å². The van der Waals surface area contributed by atoms with Crippen molar-refractivity contribution in [3.05, 3.63) is 27.1 Å². The molecule has 0 bridgehead atoms. The van der Waals surface area contributed by atoms with Crippen LogP contribution >= 0.6 is 23.7 Å². The van der Waals surface area contributed by atoms with E-state index in [4.69, 9.17) is 11.5 Å². The Kier molecular flexibility index (Phi) is 7.24. The SMILES string of the molecule is Cl.NCCCC[C@H](N)c1csc([N+](=O)[O-])c1. The summed E-state index contributed by atoms with van der Waals surface area (Å²) < 4.78 is 0. The van der Waals surface area contributed by atoms with E-state index in [9.17, 15) is 10.1 Å². The molecule has 5 nitrogen and oxygen atoms in total. The van der Waals surface area contributed by atoms with Crippen LogP contribution in [-0.4, -0.2) is 11.5 Å². The number of nitrogens with two attached hydrogens (primary N) is 2. The quantitative estimate of drug-likeness (QED) is 0.468. The molecule has 0 fully saturated rings. The van der Waals surface area contributed by atoms with Crippen molar-refractivity contribution in [1.29, 1.82) is 0 Å². The molecule has 0 aliphatic carbocycles. The predicted molar refractivity (Wildman–Crippen MR) is 68.1 cm³/mol. The van der Waals surface area contributed by atoms with Gasteiger partial charge >= 0.3 is 5.00 Å². The lowest BCUT2D eigenvalue weighted by Crippen LogP contribution is -2.10. The highest BCUT2D eigenvalue weighted by molar-refractivity contribution is 7.13. The summed E-state index contributed by atoms with van der Waals surface area (Å²) in [6, 6.07) is 1.44. The molecule has 0 amide bonds. The Morgan fingerprint density at radius 1 is 1.50 bits per heavy atom. The summed E-state index contributed by atoms with van der Waals surface area (Å²) in [6.45, 7) is 0.663. The molecule has 0 spiro atoms. The Hall–Kier alpha value is -0.690. The molecule has 4 N–H and O–H groups in total. The van der Waals surface area contributed by atoms with Crippen molar-refractivity contribution in [3.8, 4) is 0 Å². The molecule has 0 saturated carbocycles. The molecule has 0 aromatic carbocycles. The van der Waals surface area contributed by atoms with Crippen molar-refractivity contribution in [2.75, 3.05) is 6.54 Å². The number of nitrogens with zero attached hydrogens (tertiary/aromatic N) is 1. The fourth-order valence-electron chi connectivity index (χ4n) is 1.30. The number of thiophene rings is 1. The van der Waals surface area contributed by atoms with Gasteiger partial charge in [0, 0.05) is 17.5 Å². The third-order valence-corrected chi connectivity index (χ3v) is 3.08. The molecule has 1 heterocycles. The molecule has 92 valence electrons. The standard InChI is InChI=1S/C9H15N3O2S.ClH/c10-4-2-1-3-8(11)7-5-9(12(13)14)15-6-7;/h5-6,8H,1-4,10-11H2;1H/t8-;/m0./s1. The van der Waals surface area contributed by atoms with Gasteiger partial charge in [-0.15, -0.1) is 12.4 Å². The molecular formula is C9H16ClN3O2S. The number of unbranched alkanes of at least 4 members (excludes halogenated alkanes) is 1. The number of halogens is 1. The normalized spacial score (nSPS) is 11.9. The van der Waals surface area contributed by atoms with Gasteiger partial charge in [0.2, 0.25) is 0 Å². The molecule has 0 aliphatic heterocycles. The van der Waals surface area contributed by atoms with Crippen LogP contribution in [0.3, 0.4) is 0 Å². The van der Waals surface area contributed by atoms with Gasteiger partial charge in [0.05, 0.1) is 4.92 Å². The first-order valence-electron chi connectivity index (χ1n) is 4.83. The molecule has 1 atom stereocenters. The summed E-state index contributed by atoms with van der Waals surface area (Å²) in [5, 5.41) is 12.4. The first-order chi connectivity index (χ1) is 7.15. The molecule has 16 heavy (non-hydrogen) atoms. The van der Waals surface area contributed by atoms with Crippen LogP contribution in [0.2, 0.25) is 0 Å². The third-order valence-electron chi connectivity index (χ3n) is 2.18. The largest absolute Gasteiger partial charge is 0.330 e. The van der Waals surface area contributed by atoms with Gasteiger partial charge in [0.15, 0.2) is 0 Å². The van der Waals surface area contributed by atoms with Crippen LogP contribution in [0.15, 0.2) is 11.4 Å². The Balaban J connectivity index is 0.00000225. The molecule has 0 aliphatic rings. The van der Waals surface area contributed by atoms with Crippen LogP contribution < -0.4 is 11.5 Å².